The van der Waals surface area contributed by atoms with Gasteiger partial charge in [0.25, 0.3) is 0 Å². The van der Waals surface area contributed by atoms with E-state index >= 15 is 0 Å². The van der Waals surface area contributed by atoms with Gasteiger partial charge in [-0.1, -0.05) is 0 Å². The summed E-state index contributed by atoms with van der Waals surface area (Å²) in [4.78, 5) is 71.9. The second kappa shape index (κ2) is 13.1. The summed E-state index contributed by atoms with van der Waals surface area (Å²) in [6.07, 6.45) is 0. The Morgan fingerprint density at radius 1 is 0.724 bits per heavy atom. The molecule has 2 aliphatic rings. The van der Waals surface area contributed by atoms with E-state index in [9.17, 15) is 28.8 Å². The van der Waals surface area contributed by atoms with Gasteiger partial charge in [0, 0.05) is 0 Å². The molecule has 2 aliphatic heterocycles. The molecule has 0 aromatic carbocycles. The topological polar surface area (TPSA) is 164 Å². The van der Waals surface area contributed by atoms with Crippen LogP contribution in [0.5, 0.6) is 0 Å². The average Bonchev–Trinajstić information content (AvgIpc) is 2.58. The standard InChI is InChI=1S/2C6H9NO6.3Hg/c2*8-4(9)1-7(2-5(10)11)3-6(12)13;;;/h2*1-3H2,(H,8,9)(H,10,11)(H,12,13);;;/q;;3*+2/p-6. The van der Waals surface area contributed by atoms with Gasteiger partial charge in [-0.2, -0.15) is 0 Å². The zero-order chi connectivity index (χ0) is 21.2. The quantitative estimate of drug-likeness (QED) is 0.243. The van der Waals surface area contributed by atoms with Gasteiger partial charge in [-0.3, -0.25) is 0 Å². The zero-order valence-corrected chi connectivity index (χ0v) is 31.7. The van der Waals surface area contributed by atoms with E-state index in [4.69, 9.17) is 15.9 Å². The molecular weight excluding hydrogens is 966 g/mol. The molecule has 0 spiro atoms. The van der Waals surface area contributed by atoms with Crippen molar-refractivity contribution in [1.82, 2.24) is 9.80 Å². The summed E-state index contributed by atoms with van der Waals surface area (Å²) >= 11 is -7.68. The van der Waals surface area contributed by atoms with Crippen molar-refractivity contribution in [3.63, 3.8) is 0 Å². The molecule has 17 heteroatoms. The number of carbonyl (C=O) groups excluding carboxylic acids is 6. The molecule has 2 rings (SSSR count). The molecule has 0 aromatic rings. The van der Waals surface area contributed by atoms with Crippen LogP contribution in [0.25, 0.3) is 0 Å². The Morgan fingerprint density at radius 2 is 1.03 bits per heavy atom. The van der Waals surface area contributed by atoms with Crippen LogP contribution in [0.15, 0.2) is 0 Å². The Kier molecular flexibility index (Phi) is 11.2. The van der Waals surface area contributed by atoms with Crippen molar-refractivity contribution >= 4 is 35.8 Å². The first-order valence-corrected chi connectivity index (χ1v) is 21.7. The fraction of sp³-hybridized carbons (Fsp3) is 0.500. The summed E-state index contributed by atoms with van der Waals surface area (Å²) in [6, 6.07) is 0. The van der Waals surface area contributed by atoms with Gasteiger partial charge in [-0.15, -0.1) is 0 Å². The fourth-order valence-corrected chi connectivity index (χ4v) is 8.07. The van der Waals surface area contributed by atoms with E-state index in [0.29, 0.717) is 0 Å². The molecular formula is C12H12Hg3N2O12. The van der Waals surface area contributed by atoms with Gasteiger partial charge in [-0.05, 0) is 0 Å². The number of hydrogen-bond acceptors (Lipinski definition) is 14. The van der Waals surface area contributed by atoms with Gasteiger partial charge < -0.3 is 0 Å². The van der Waals surface area contributed by atoms with E-state index in [1.54, 1.807) is 0 Å². The van der Waals surface area contributed by atoms with Crippen LogP contribution in [-0.2, 0) is 121 Å². The summed E-state index contributed by atoms with van der Waals surface area (Å²) in [5.41, 5.74) is 0. The zero-order valence-electron chi connectivity index (χ0n) is 15.2. The predicted octanol–water partition coefficient (Wildman–Crippen LogP) is -3.39. The van der Waals surface area contributed by atoms with E-state index in [0.717, 1.165) is 0 Å². The normalized spacial score (nSPS) is 17.9. The summed E-state index contributed by atoms with van der Waals surface area (Å²) in [5.74, 6) is -3.79. The number of nitrogens with zero attached hydrogens (tertiary/aromatic N) is 2. The number of rotatable bonds is 6. The SMILES string of the molecule is O=C1CN(CC(=O)[O][Hg][O]C(=O)CN2CC(=O)[O][Hg][O]C(=O)C2)CC(=O)[O][Hg][O]1. The van der Waals surface area contributed by atoms with Gasteiger partial charge in [0.15, 0.2) is 0 Å². The first-order valence-electron chi connectivity index (χ1n) is 8.20. The monoisotopic (exact) mass is 982 g/mol. The molecule has 0 bridgehead atoms. The second-order valence-corrected chi connectivity index (χ2v) is 15.2. The maximum absolute atomic E-state index is 11.8. The van der Waals surface area contributed by atoms with Crippen molar-refractivity contribution < 1.29 is 121 Å². The van der Waals surface area contributed by atoms with Crippen molar-refractivity contribution in [1.29, 1.82) is 0 Å². The van der Waals surface area contributed by atoms with Crippen molar-refractivity contribution in [2.24, 2.45) is 0 Å². The predicted molar refractivity (Wildman–Crippen MR) is 69.4 cm³/mol. The van der Waals surface area contributed by atoms with Crippen molar-refractivity contribution in [2.45, 2.75) is 0 Å². The number of hydrogen-bond donors (Lipinski definition) is 0. The maximum atomic E-state index is 11.8. The molecule has 2 saturated heterocycles. The molecule has 2 heterocycles. The average molecular weight is 978 g/mol. The van der Waals surface area contributed by atoms with Gasteiger partial charge in [0.2, 0.25) is 0 Å². The molecule has 0 saturated carbocycles. The molecule has 0 aromatic heterocycles. The molecule has 0 N–H and O–H groups in total. The van der Waals surface area contributed by atoms with Gasteiger partial charge in [0.05, 0.1) is 0 Å². The Balaban J connectivity index is 1.70. The van der Waals surface area contributed by atoms with Gasteiger partial charge in [0.1, 0.15) is 0 Å². The summed E-state index contributed by atoms with van der Waals surface area (Å²) in [5, 5.41) is 0. The number of carbonyl (C=O) groups is 6. The van der Waals surface area contributed by atoms with Crippen LogP contribution in [0.4, 0.5) is 0 Å². The molecule has 0 unspecified atom stereocenters. The molecule has 0 aliphatic carbocycles. The van der Waals surface area contributed by atoms with Crippen molar-refractivity contribution in [3.05, 3.63) is 0 Å². The molecule has 2 fully saturated rings. The van der Waals surface area contributed by atoms with Crippen molar-refractivity contribution in [2.75, 3.05) is 39.3 Å². The van der Waals surface area contributed by atoms with Gasteiger partial charge in [-0.25, -0.2) is 0 Å². The van der Waals surface area contributed by atoms with E-state index in [-0.39, 0.29) is 39.3 Å². The Bertz CT molecular complexity index is 597. The molecule has 0 atom stereocenters. The molecule has 148 valence electrons. The first-order chi connectivity index (χ1) is 13.8. The molecule has 29 heavy (non-hydrogen) atoms. The minimum atomic E-state index is -2.85. The fourth-order valence-electron chi connectivity index (χ4n) is 2.19. The third kappa shape index (κ3) is 10.4. The summed E-state index contributed by atoms with van der Waals surface area (Å²) in [7, 11) is 0. The third-order valence-corrected chi connectivity index (χ3v) is 13.7. The Morgan fingerprint density at radius 3 is 1.34 bits per heavy atom. The van der Waals surface area contributed by atoms with Crippen LogP contribution in [0.3, 0.4) is 0 Å². The van der Waals surface area contributed by atoms with E-state index in [1.165, 1.54) is 9.80 Å². The van der Waals surface area contributed by atoms with Crippen LogP contribution in [0, 0.1) is 0 Å². The molecule has 0 amide bonds. The Hall–Kier alpha value is -0.455. The van der Waals surface area contributed by atoms with Crippen LogP contribution < -0.4 is 0 Å². The van der Waals surface area contributed by atoms with Crippen LogP contribution >= 0.6 is 0 Å². The van der Waals surface area contributed by atoms with Crippen LogP contribution in [-0.4, -0.2) is 84.9 Å². The van der Waals surface area contributed by atoms with E-state index in [2.05, 4.69) is 0 Å². The second-order valence-electron chi connectivity index (χ2n) is 5.74. The minimum absolute atomic E-state index is 0.243. The molecule has 14 nitrogen and oxygen atoms in total. The Labute approximate surface area is 204 Å². The molecule has 0 radical (unpaired) electrons. The van der Waals surface area contributed by atoms with Gasteiger partial charge >= 0.3 is 206 Å². The first kappa shape index (κ1) is 24.8. The summed E-state index contributed by atoms with van der Waals surface area (Å²) < 4.78 is 29.1. The van der Waals surface area contributed by atoms with E-state index < -0.39 is 112 Å². The third-order valence-electron chi connectivity index (χ3n) is 3.44. The van der Waals surface area contributed by atoms with Crippen LogP contribution in [0.2, 0.25) is 0 Å². The van der Waals surface area contributed by atoms with Crippen LogP contribution in [0.1, 0.15) is 0 Å². The van der Waals surface area contributed by atoms with E-state index in [1.807, 2.05) is 0 Å². The van der Waals surface area contributed by atoms with Crippen molar-refractivity contribution in [3.8, 4) is 0 Å². The summed E-state index contributed by atoms with van der Waals surface area (Å²) in [6.45, 7) is -1.71.